The van der Waals surface area contributed by atoms with Crippen molar-refractivity contribution in [1.82, 2.24) is 15.1 Å². The summed E-state index contributed by atoms with van der Waals surface area (Å²) in [5.41, 5.74) is 2.03. The van der Waals surface area contributed by atoms with Crippen LogP contribution in [0.25, 0.3) is 10.9 Å². The van der Waals surface area contributed by atoms with Gasteiger partial charge in [-0.1, -0.05) is 5.16 Å². The summed E-state index contributed by atoms with van der Waals surface area (Å²) in [5.74, 6) is -0.0497. The van der Waals surface area contributed by atoms with Gasteiger partial charge in [0.05, 0.1) is 28.0 Å². The zero-order chi connectivity index (χ0) is 22.8. The Hall–Kier alpha value is -3.40. The maximum atomic E-state index is 15.0. The first kappa shape index (κ1) is 21.8. The van der Waals surface area contributed by atoms with Gasteiger partial charge in [0, 0.05) is 18.2 Å². The molecule has 4 rings (SSSR count). The standard InChI is InChI=1S/C22H21F2N5O2S/c1-12-7-19(31-28-12)13(2)30-20-8-14(23)5-6-17(20)27-22-21-16(24)9-15(29-32(3)4)10-18(21)25-11-26-22/h5-11,13H,1-4H3,(H,25,26,27). The van der Waals surface area contributed by atoms with Crippen molar-refractivity contribution >= 4 is 38.8 Å². The first-order valence-corrected chi connectivity index (χ1v) is 11.7. The molecule has 1 N–H and O–H groups in total. The lowest BCUT2D eigenvalue weighted by atomic mass is 10.2. The van der Waals surface area contributed by atoms with Gasteiger partial charge in [-0.05, 0) is 44.6 Å². The fraction of sp³-hybridized carbons (Fsp3) is 0.227. The number of anilines is 2. The molecular weight excluding hydrogens is 436 g/mol. The van der Waals surface area contributed by atoms with Crippen LogP contribution in [0.15, 0.2) is 51.6 Å². The molecule has 0 aliphatic rings. The van der Waals surface area contributed by atoms with Gasteiger partial charge >= 0.3 is 0 Å². The quantitative estimate of drug-likeness (QED) is 0.395. The van der Waals surface area contributed by atoms with E-state index in [1.54, 1.807) is 26.0 Å². The number of benzene rings is 2. The number of aryl methyl sites for hydroxylation is 1. The second kappa shape index (κ2) is 8.99. The summed E-state index contributed by atoms with van der Waals surface area (Å²) < 4.78 is 44.5. The van der Waals surface area contributed by atoms with Crippen LogP contribution in [0.3, 0.4) is 0 Å². The van der Waals surface area contributed by atoms with Crippen LogP contribution < -0.4 is 10.1 Å². The minimum absolute atomic E-state index is 0.202. The lowest BCUT2D eigenvalue weighted by Gasteiger charge is -2.17. The van der Waals surface area contributed by atoms with Crippen molar-refractivity contribution < 1.29 is 18.0 Å². The van der Waals surface area contributed by atoms with Crippen LogP contribution in [0.1, 0.15) is 24.5 Å². The van der Waals surface area contributed by atoms with Gasteiger partial charge in [-0.25, -0.2) is 23.1 Å². The van der Waals surface area contributed by atoms with Crippen molar-refractivity contribution in [3.8, 4) is 5.75 Å². The Balaban J connectivity index is 1.71. The predicted octanol–water partition coefficient (Wildman–Crippen LogP) is 5.78. The molecule has 0 bridgehead atoms. The fourth-order valence-electron chi connectivity index (χ4n) is 3.13. The predicted molar refractivity (Wildman–Crippen MR) is 121 cm³/mol. The first-order valence-electron chi connectivity index (χ1n) is 9.70. The van der Waals surface area contributed by atoms with Gasteiger partial charge in [0.2, 0.25) is 0 Å². The molecule has 0 spiro atoms. The highest BCUT2D eigenvalue weighted by atomic mass is 32.2. The number of rotatable bonds is 6. The molecule has 2 aromatic heterocycles. The Morgan fingerprint density at radius 1 is 1.12 bits per heavy atom. The molecular formula is C22H21F2N5O2S. The number of nitrogens with zero attached hydrogens (tertiary/aromatic N) is 4. The summed E-state index contributed by atoms with van der Waals surface area (Å²) in [6, 6.07) is 8.80. The van der Waals surface area contributed by atoms with Gasteiger partial charge < -0.3 is 14.6 Å². The average Bonchev–Trinajstić information content (AvgIpc) is 3.16. The van der Waals surface area contributed by atoms with Crippen molar-refractivity contribution in [2.45, 2.75) is 20.0 Å². The van der Waals surface area contributed by atoms with Gasteiger partial charge in [0.25, 0.3) is 0 Å². The number of aromatic nitrogens is 3. The third kappa shape index (κ3) is 4.75. The van der Waals surface area contributed by atoms with E-state index in [9.17, 15) is 8.78 Å². The molecule has 32 heavy (non-hydrogen) atoms. The highest BCUT2D eigenvalue weighted by Gasteiger charge is 2.18. The van der Waals surface area contributed by atoms with Crippen LogP contribution in [0.2, 0.25) is 0 Å². The summed E-state index contributed by atoms with van der Waals surface area (Å²) in [6.07, 6.45) is 4.67. The molecule has 0 aliphatic heterocycles. The van der Waals surface area contributed by atoms with E-state index in [0.717, 1.165) is 0 Å². The molecule has 10 heteroatoms. The number of hydrogen-bond acceptors (Lipinski definition) is 7. The summed E-state index contributed by atoms with van der Waals surface area (Å²) in [6.45, 7) is 3.55. The van der Waals surface area contributed by atoms with E-state index < -0.39 is 17.7 Å². The van der Waals surface area contributed by atoms with Gasteiger partial charge in [-0.2, -0.15) is 0 Å². The number of nitrogens with one attached hydrogen (secondary N) is 1. The SMILES string of the molecule is Cc1cc(C(C)Oc2cc(F)ccc2Nc2ncnc3cc(N=S(C)C)cc(F)c23)on1. The molecule has 2 heterocycles. The number of halogens is 2. The molecule has 0 aliphatic carbocycles. The highest BCUT2D eigenvalue weighted by Crippen LogP contribution is 2.35. The molecule has 0 amide bonds. The molecule has 0 saturated carbocycles. The summed E-state index contributed by atoms with van der Waals surface area (Å²) >= 11 is 0. The Bertz CT molecular complexity index is 1320. The lowest BCUT2D eigenvalue weighted by molar-refractivity contribution is 0.182. The zero-order valence-corrected chi connectivity index (χ0v) is 18.7. The monoisotopic (exact) mass is 457 g/mol. The Morgan fingerprint density at radius 2 is 1.94 bits per heavy atom. The van der Waals surface area contributed by atoms with E-state index in [0.29, 0.717) is 28.3 Å². The van der Waals surface area contributed by atoms with Gasteiger partial charge in [-0.15, -0.1) is 10.7 Å². The van der Waals surface area contributed by atoms with Crippen LogP contribution in [-0.4, -0.2) is 27.6 Å². The van der Waals surface area contributed by atoms with E-state index in [-0.39, 0.29) is 27.6 Å². The minimum Gasteiger partial charge on any atom is -0.480 e. The second-order valence-electron chi connectivity index (χ2n) is 7.30. The largest absolute Gasteiger partial charge is 0.480 e. The van der Waals surface area contributed by atoms with Crippen LogP contribution in [0.5, 0.6) is 5.75 Å². The normalized spacial score (nSPS) is 12.2. The van der Waals surface area contributed by atoms with E-state index in [2.05, 4.69) is 24.8 Å². The van der Waals surface area contributed by atoms with Gasteiger partial charge in [0.15, 0.2) is 11.9 Å². The van der Waals surface area contributed by atoms with Crippen molar-refractivity contribution in [1.29, 1.82) is 0 Å². The molecule has 0 radical (unpaired) electrons. The van der Waals surface area contributed by atoms with Gasteiger partial charge in [0.1, 0.15) is 29.5 Å². The van der Waals surface area contributed by atoms with Crippen molar-refractivity contribution in [3.05, 3.63) is 65.8 Å². The topological polar surface area (TPSA) is 85.4 Å². The number of fused-ring (bicyclic) bond motifs is 1. The van der Waals surface area contributed by atoms with E-state index >= 15 is 0 Å². The summed E-state index contributed by atoms with van der Waals surface area (Å²) in [4.78, 5) is 8.37. The molecule has 166 valence electrons. The third-order valence-electron chi connectivity index (χ3n) is 4.51. The zero-order valence-electron chi connectivity index (χ0n) is 17.9. The third-order valence-corrected chi connectivity index (χ3v) is 5.09. The van der Waals surface area contributed by atoms with Crippen LogP contribution in [0, 0.1) is 18.6 Å². The highest BCUT2D eigenvalue weighted by molar-refractivity contribution is 7.85. The summed E-state index contributed by atoms with van der Waals surface area (Å²) in [5, 5.41) is 7.09. The van der Waals surface area contributed by atoms with E-state index in [4.69, 9.17) is 9.26 Å². The Kier molecular flexibility index (Phi) is 6.13. The van der Waals surface area contributed by atoms with Crippen molar-refractivity contribution in [2.24, 2.45) is 4.36 Å². The molecule has 0 fully saturated rings. The molecule has 2 aromatic carbocycles. The van der Waals surface area contributed by atoms with E-state index in [1.807, 2.05) is 12.5 Å². The molecule has 1 unspecified atom stereocenters. The number of hydrogen-bond donors (Lipinski definition) is 1. The molecule has 1 atom stereocenters. The Labute approximate surface area is 185 Å². The van der Waals surface area contributed by atoms with E-state index in [1.165, 1.54) is 30.6 Å². The molecule has 7 nitrogen and oxygen atoms in total. The molecule has 4 aromatic rings. The maximum Gasteiger partial charge on any atom is 0.177 e. The average molecular weight is 458 g/mol. The van der Waals surface area contributed by atoms with Crippen molar-refractivity contribution in [3.63, 3.8) is 0 Å². The lowest BCUT2D eigenvalue weighted by Crippen LogP contribution is -2.05. The van der Waals surface area contributed by atoms with Gasteiger partial charge in [-0.3, -0.25) is 0 Å². The van der Waals surface area contributed by atoms with Crippen molar-refractivity contribution in [2.75, 3.05) is 17.8 Å². The first-order chi connectivity index (χ1) is 15.3. The molecule has 0 saturated heterocycles. The summed E-state index contributed by atoms with van der Waals surface area (Å²) in [7, 11) is -0.245. The number of ether oxygens (including phenoxy) is 1. The maximum absolute atomic E-state index is 15.0. The fourth-order valence-corrected chi connectivity index (χ4v) is 3.66. The van der Waals surface area contributed by atoms with Crippen LogP contribution in [-0.2, 0) is 10.7 Å². The van der Waals surface area contributed by atoms with Crippen LogP contribution >= 0.6 is 0 Å². The Morgan fingerprint density at radius 3 is 2.66 bits per heavy atom. The smallest absolute Gasteiger partial charge is 0.177 e. The second-order valence-corrected chi connectivity index (χ2v) is 9.03. The minimum atomic E-state index is -0.529. The van der Waals surface area contributed by atoms with Crippen LogP contribution in [0.4, 0.5) is 26.0 Å².